The average molecular weight is 816 g/mol. The number of rotatable bonds is 3. The third-order valence-corrected chi connectivity index (χ3v) is 14.6. The number of hydrogen-bond donors (Lipinski definition) is 1. The Morgan fingerprint density at radius 2 is 0.781 bits per heavy atom. The van der Waals surface area contributed by atoms with Gasteiger partial charge in [0.2, 0.25) is 6.29 Å². The van der Waals surface area contributed by atoms with E-state index in [9.17, 15) is 0 Å². The van der Waals surface area contributed by atoms with E-state index in [1.54, 1.807) is 0 Å². The fraction of sp³-hybridized carbons (Fsp3) is 0.0656. The summed E-state index contributed by atoms with van der Waals surface area (Å²) in [6.07, 6.45) is 1.78. The summed E-state index contributed by atoms with van der Waals surface area (Å²) in [6, 6.07) is 71.9. The first kappa shape index (κ1) is 35.6. The Labute approximate surface area is 370 Å². The number of aromatic nitrogens is 1. The van der Waals surface area contributed by atoms with Gasteiger partial charge >= 0.3 is 0 Å². The van der Waals surface area contributed by atoms with Crippen LogP contribution in [-0.4, -0.2) is 10.3 Å². The third-order valence-electron chi connectivity index (χ3n) is 14.6. The number of fused-ring (bicyclic) bond motifs is 18. The summed E-state index contributed by atoms with van der Waals surface area (Å²) in [7, 11) is 0. The van der Waals surface area contributed by atoms with E-state index in [2.05, 4.69) is 224 Å². The second-order valence-electron chi connectivity index (χ2n) is 18.3. The first-order chi connectivity index (χ1) is 31.5. The van der Waals surface area contributed by atoms with Crippen LogP contribution < -0.4 is 5.32 Å². The Bertz CT molecular complexity index is 4060. The molecule has 300 valence electrons. The number of nitrogens with one attached hydrogen (secondary N) is 1. The zero-order chi connectivity index (χ0) is 42.3. The largest absolute Gasteiger partial charge is 0.346 e. The van der Waals surface area contributed by atoms with Crippen LogP contribution in [0.3, 0.4) is 0 Å². The van der Waals surface area contributed by atoms with Crippen molar-refractivity contribution in [1.29, 1.82) is 0 Å². The lowest BCUT2D eigenvalue weighted by Crippen LogP contribution is -2.29. The van der Waals surface area contributed by atoms with Crippen LogP contribution in [-0.2, 0) is 5.41 Å². The van der Waals surface area contributed by atoms with Gasteiger partial charge in [0.25, 0.3) is 0 Å². The van der Waals surface area contributed by atoms with Gasteiger partial charge in [-0.15, -0.1) is 0 Å². The number of benzene rings is 11. The van der Waals surface area contributed by atoms with E-state index in [4.69, 9.17) is 4.99 Å². The fourth-order valence-corrected chi connectivity index (χ4v) is 11.5. The molecule has 2 heterocycles. The van der Waals surface area contributed by atoms with Crippen molar-refractivity contribution in [3.63, 3.8) is 0 Å². The highest BCUT2D eigenvalue weighted by Gasteiger charge is 2.38. The van der Waals surface area contributed by atoms with E-state index in [0.717, 1.165) is 28.1 Å². The maximum absolute atomic E-state index is 5.62. The monoisotopic (exact) mass is 815 g/mol. The lowest BCUT2D eigenvalue weighted by Gasteiger charge is -2.27. The minimum atomic E-state index is -0.426. The SMILES string of the molecule is CC1(C)c2cc3c4ccccc4c4ccccc4c3cc2-c2cc3c4cc5c6ccccc6c6ccccc6c5cc4n(C4N=C(c5ccccc5)C=C(c5ccccc5)N4)c3cc21. The van der Waals surface area contributed by atoms with Gasteiger partial charge in [-0.25, -0.2) is 4.99 Å². The molecule has 1 atom stereocenters. The molecule has 1 aliphatic carbocycles. The van der Waals surface area contributed by atoms with Crippen LogP contribution in [0.15, 0.2) is 205 Å². The van der Waals surface area contributed by atoms with Gasteiger partial charge in [0.1, 0.15) is 0 Å². The van der Waals surface area contributed by atoms with Gasteiger partial charge in [0.15, 0.2) is 0 Å². The fourth-order valence-electron chi connectivity index (χ4n) is 11.5. The van der Waals surface area contributed by atoms with Crippen LogP contribution in [0.4, 0.5) is 0 Å². The number of allylic oxidation sites excluding steroid dienone is 1. The zero-order valence-electron chi connectivity index (χ0n) is 35.5. The number of hydrogen-bond acceptors (Lipinski definition) is 2. The zero-order valence-corrected chi connectivity index (χ0v) is 35.5. The molecule has 0 amide bonds. The average Bonchev–Trinajstić information content (AvgIpc) is 3.78. The molecule has 2 aliphatic rings. The quantitative estimate of drug-likeness (QED) is 0.177. The predicted octanol–water partition coefficient (Wildman–Crippen LogP) is 15.6. The molecule has 0 saturated heterocycles. The maximum Gasteiger partial charge on any atom is 0.201 e. The Morgan fingerprint density at radius 3 is 1.33 bits per heavy atom. The maximum atomic E-state index is 5.62. The van der Waals surface area contributed by atoms with E-state index >= 15 is 0 Å². The highest BCUT2D eigenvalue weighted by Crippen LogP contribution is 2.54. The highest BCUT2D eigenvalue weighted by molar-refractivity contribution is 6.30. The smallest absolute Gasteiger partial charge is 0.201 e. The van der Waals surface area contributed by atoms with Gasteiger partial charge in [-0.05, 0) is 140 Å². The Balaban J connectivity index is 1.10. The summed E-state index contributed by atoms with van der Waals surface area (Å²) in [4.78, 5) is 5.62. The first-order valence-electron chi connectivity index (χ1n) is 22.4. The van der Waals surface area contributed by atoms with E-state index in [0.29, 0.717) is 0 Å². The Kier molecular flexibility index (Phi) is 7.23. The lowest BCUT2D eigenvalue weighted by atomic mass is 9.81. The van der Waals surface area contributed by atoms with Gasteiger partial charge in [-0.1, -0.05) is 172 Å². The second kappa shape index (κ2) is 13.0. The lowest BCUT2D eigenvalue weighted by molar-refractivity contribution is 0.508. The summed E-state index contributed by atoms with van der Waals surface area (Å²) < 4.78 is 2.49. The molecule has 14 rings (SSSR count). The van der Waals surface area contributed by atoms with Crippen LogP contribution in [0.2, 0.25) is 0 Å². The molecular formula is C61H41N3. The molecule has 0 bridgehead atoms. The molecule has 0 spiro atoms. The number of nitrogens with zero attached hydrogens (tertiary/aromatic N) is 2. The van der Waals surface area contributed by atoms with Gasteiger partial charge in [0, 0.05) is 21.9 Å². The molecule has 1 aromatic heterocycles. The van der Waals surface area contributed by atoms with Crippen LogP contribution in [0.25, 0.3) is 103 Å². The molecule has 0 radical (unpaired) electrons. The minimum Gasteiger partial charge on any atom is -0.346 e. The van der Waals surface area contributed by atoms with Crippen LogP contribution in [0.1, 0.15) is 42.4 Å². The standard InChI is InChI=1S/C61H41N3/c1-61(2)54-32-48-44-27-15-11-23-40(44)38-21-9-13-25-42(38)46(48)29-50(54)51-31-53-52-30-47-43-26-14-10-22-39(43)41-24-12-16-28-45(41)49(47)33-58(52)64(59(53)34-55(51)61)60-62-56(36-17-5-3-6-18-36)35-57(63-60)37-19-7-4-8-20-37/h3-35,60,62H,1-2H3. The highest BCUT2D eigenvalue weighted by atomic mass is 15.3. The Morgan fingerprint density at radius 1 is 0.391 bits per heavy atom. The topological polar surface area (TPSA) is 29.3 Å². The molecule has 11 aromatic carbocycles. The minimum absolute atomic E-state index is 0.258. The van der Waals surface area contributed by atoms with Gasteiger partial charge < -0.3 is 9.88 Å². The van der Waals surface area contributed by atoms with Gasteiger partial charge in [-0.3, -0.25) is 0 Å². The van der Waals surface area contributed by atoms with E-state index in [1.165, 1.54) is 103 Å². The molecule has 0 fully saturated rings. The summed E-state index contributed by atoms with van der Waals surface area (Å²) in [5.41, 5.74) is 11.6. The van der Waals surface area contributed by atoms with Crippen molar-refractivity contribution >= 4 is 97.8 Å². The summed E-state index contributed by atoms with van der Waals surface area (Å²) >= 11 is 0. The van der Waals surface area contributed by atoms with Crippen molar-refractivity contribution in [1.82, 2.24) is 9.88 Å². The predicted molar refractivity (Wildman–Crippen MR) is 272 cm³/mol. The van der Waals surface area contributed by atoms with Crippen LogP contribution in [0, 0.1) is 0 Å². The van der Waals surface area contributed by atoms with E-state index in [1.807, 2.05) is 0 Å². The molecule has 64 heavy (non-hydrogen) atoms. The third kappa shape index (κ3) is 4.89. The normalized spacial score (nSPS) is 15.6. The van der Waals surface area contributed by atoms with Crippen molar-refractivity contribution in [2.75, 3.05) is 0 Å². The van der Waals surface area contributed by atoms with Gasteiger partial charge in [0.05, 0.1) is 16.7 Å². The summed E-state index contributed by atoms with van der Waals surface area (Å²) in [5, 5.41) is 21.8. The molecule has 12 aromatic rings. The van der Waals surface area contributed by atoms with Gasteiger partial charge in [-0.2, -0.15) is 0 Å². The second-order valence-corrected chi connectivity index (χ2v) is 18.3. The molecule has 0 saturated carbocycles. The number of aliphatic imine (C=N–C) groups is 1. The molecule has 1 aliphatic heterocycles. The molecular weight excluding hydrogens is 775 g/mol. The molecule has 1 N–H and O–H groups in total. The Hall–Kier alpha value is -8.01. The summed E-state index contributed by atoms with van der Waals surface area (Å²) in [5.74, 6) is 0. The van der Waals surface area contributed by atoms with E-state index in [-0.39, 0.29) is 5.41 Å². The van der Waals surface area contributed by atoms with Crippen molar-refractivity contribution in [3.05, 3.63) is 222 Å². The molecule has 3 heteroatoms. The first-order valence-corrected chi connectivity index (χ1v) is 22.4. The van der Waals surface area contributed by atoms with Crippen molar-refractivity contribution < 1.29 is 0 Å². The molecule has 1 unspecified atom stereocenters. The van der Waals surface area contributed by atoms with E-state index < -0.39 is 6.29 Å². The van der Waals surface area contributed by atoms with Crippen molar-refractivity contribution in [2.24, 2.45) is 4.99 Å². The van der Waals surface area contributed by atoms with Crippen molar-refractivity contribution in [2.45, 2.75) is 25.6 Å². The summed E-state index contributed by atoms with van der Waals surface area (Å²) in [6.45, 7) is 4.83. The van der Waals surface area contributed by atoms with Crippen LogP contribution >= 0.6 is 0 Å². The molecule has 3 nitrogen and oxygen atoms in total. The van der Waals surface area contributed by atoms with Crippen LogP contribution in [0.5, 0.6) is 0 Å². The van der Waals surface area contributed by atoms with Crippen molar-refractivity contribution in [3.8, 4) is 11.1 Å².